The van der Waals surface area contributed by atoms with Crippen molar-refractivity contribution in [2.24, 2.45) is 23.7 Å². The third kappa shape index (κ3) is 3.76. The average molecular weight is 583 g/mol. The van der Waals surface area contributed by atoms with Gasteiger partial charge in [-0.2, -0.15) is 0 Å². The molecule has 4 fully saturated rings. The van der Waals surface area contributed by atoms with E-state index in [-0.39, 0.29) is 5.41 Å². The molecule has 4 bridgehead atoms. The summed E-state index contributed by atoms with van der Waals surface area (Å²) in [6.45, 7) is 0. The standard InChI is InChI=1S/C42H34N2O/c1-2-8-34-29(6-1)7-5-9-35(34)39-19-18-38(43-44-39)30-14-12-28(13-15-30)31-16-17-37-41(25-31)45-40-11-4-3-10-36(40)42(37)32-21-26-20-27(23-32)24-33(42)22-26/h1-19,25-27,32-33H,20-24H2. The molecule has 0 radical (unpaired) electrons. The zero-order valence-corrected chi connectivity index (χ0v) is 25.2. The quantitative estimate of drug-likeness (QED) is 0.208. The summed E-state index contributed by atoms with van der Waals surface area (Å²) >= 11 is 0. The Balaban J connectivity index is 0.978. The highest BCUT2D eigenvalue weighted by Crippen LogP contribution is 2.68. The third-order valence-corrected chi connectivity index (χ3v) is 11.7. The summed E-state index contributed by atoms with van der Waals surface area (Å²) in [4.78, 5) is 0. The second-order valence-electron chi connectivity index (χ2n) is 13.9. The van der Waals surface area contributed by atoms with E-state index >= 15 is 0 Å². The molecule has 1 spiro atoms. The first kappa shape index (κ1) is 25.6. The number of nitrogens with zero attached hydrogens (tertiary/aromatic N) is 2. The zero-order valence-electron chi connectivity index (χ0n) is 25.2. The minimum Gasteiger partial charge on any atom is -0.457 e. The largest absolute Gasteiger partial charge is 0.457 e. The fourth-order valence-electron chi connectivity index (χ4n) is 10.0. The first-order valence-electron chi connectivity index (χ1n) is 16.6. The average Bonchev–Trinajstić information content (AvgIpc) is 3.09. The van der Waals surface area contributed by atoms with Crippen molar-refractivity contribution in [2.75, 3.05) is 0 Å². The molecule has 45 heavy (non-hydrogen) atoms. The zero-order chi connectivity index (χ0) is 29.5. The van der Waals surface area contributed by atoms with Crippen molar-refractivity contribution in [1.29, 1.82) is 0 Å². The van der Waals surface area contributed by atoms with E-state index in [9.17, 15) is 0 Å². The molecular weight excluding hydrogens is 548 g/mol. The molecule has 1 aromatic heterocycles. The summed E-state index contributed by atoms with van der Waals surface area (Å²) in [5.41, 5.74) is 9.27. The normalized spacial score (nSPS) is 25.6. The van der Waals surface area contributed by atoms with Crippen LogP contribution in [0.4, 0.5) is 0 Å². The maximum atomic E-state index is 6.72. The minimum absolute atomic E-state index is 0.0941. The lowest BCUT2D eigenvalue weighted by Crippen LogP contribution is -2.56. The van der Waals surface area contributed by atoms with Gasteiger partial charge in [-0.3, -0.25) is 0 Å². The van der Waals surface area contributed by atoms with Gasteiger partial charge in [-0.05, 0) is 102 Å². The SMILES string of the molecule is c1ccc2c(c1)Oc1cc(-c3ccc(-c4ccc(-c5cccc6ccccc56)nn4)cc3)ccc1C21C2CC3CC(C2)CC1C3. The molecular formula is C42H34N2O. The number of para-hydroxylation sites is 1. The Bertz CT molecular complexity index is 2060. The fourth-order valence-corrected chi connectivity index (χ4v) is 10.0. The van der Waals surface area contributed by atoms with Gasteiger partial charge in [0.2, 0.25) is 0 Å². The van der Waals surface area contributed by atoms with Crippen LogP contribution in [0.25, 0.3) is 44.4 Å². The van der Waals surface area contributed by atoms with Crippen LogP contribution < -0.4 is 4.74 Å². The molecule has 0 amide bonds. The molecule has 0 unspecified atom stereocenters. The fraction of sp³-hybridized carbons (Fsp3) is 0.238. The van der Waals surface area contributed by atoms with Gasteiger partial charge >= 0.3 is 0 Å². The highest BCUT2D eigenvalue weighted by Gasteiger charge is 2.61. The van der Waals surface area contributed by atoms with Crippen molar-refractivity contribution < 1.29 is 4.74 Å². The van der Waals surface area contributed by atoms with E-state index in [4.69, 9.17) is 4.74 Å². The van der Waals surface area contributed by atoms with E-state index in [2.05, 4.69) is 132 Å². The van der Waals surface area contributed by atoms with Gasteiger partial charge in [-0.25, -0.2) is 0 Å². The van der Waals surface area contributed by atoms with Crippen molar-refractivity contribution >= 4 is 10.8 Å². The van der Waals surface area contributed by atoms with Gasteiger partial charge in [-0.1, -0.05) is 97.1 Å². The van der Waals surface area contributed by atoms with Crippen LogP contribution in [0.5, 0.6) is 11.5 Å². The van der Waals surface area contributed by atoms with E-state index < -0.39 is 0 Å². The number of benzene rings is 5. The van der Waals surface area contributed by atoms with Gasteiger partial charge in [0.25, 0.3) is 0 Å². The molecule has 3 nitrogen and oxygen atoms in total. The van der Waals surface area contributed by atoms with Crippen molar-refractivity contribution in [3.05, 3.63) is 132 Å². The Morgan fingerprint density at radius 3 is 1.96 bits per heavy atom. The van der Waals surface area contributed by atoms with Crippen LogP contribution in [-0.2, 0) is 5.41 Å². The monoisotopic (exact) mass is 582 g/mol. The summed E-state index contributed by atoms with van der Waals surface area (Å²) in [7, 11) is 0. The van der Waals surface area contributed by atoms with Crippen LogP contribution in [0.1, 0.15) is 43.2 Å². The van der Waals surface area contributed by atoms with E-state index in [0.29, 0.717) is 0 Å². The second kappa shape index (κ2) is 9.62. The molecule has 0 saturated heterocycles. The maximum absolute atomic E-state index is 6.72. The number of ether oxygens (including phenoxy) is 1. The first-order valence-corrected chi connectivity index (χ1v) is 16.6. The minimum atomic E-state index is 0.0941. The maximum Gasteiger partial charge on any atom is 0.132 e. The Labute approximate surface area is 263 Å². The molecule has 3 heteroatoms. The van der Waals surface area contributed by atoms with Crippen LogP contribution in [0.3, 0.4) is 0 Å². The summed E-state index contributed by atoms with van der Waals surface area (Å²) in [5.74, 6) is 5.40. The van der Waals surface area contributed by atoms with Crippen molar-refractivity contribution in [3.63, 3.8) is 0 Å². The number of rotatable bonds is 3. The third-order valence-electron chi connectivity index (χ3n) is 11.7. The van der Waals surface area contributed by atoms with Crippen LogP contribution in [0.15, 0.2) is 121 Å². The molecule has 218 valence electrons. The number of fused-ring (bicyclic) bond motifs is 3. The lowest BCUT2D eigenvalue weighted by atomic mass is 9.42. The number of hydrogen-bond acceptors (Lipinski definition) is 3. The van der Waals surface area contributed by atoms with Gasteiger partial charge in [0.15, 0.2) is 0 Å². The molecule has 0 N–H and O–H groups in total. The van der Waals surface area contributed by atoms with Crippen LogP contribution >= 0.6 is 0 Å². The lowest BCUT2D eigenvalue weighted by molar-refractivity contribution is -0.0452. The highest BCUT2D eigenvalue weighted by atomic mass is 16.5. The van der Waals surface area contributed by atoms with Gasteiger partial charge in [0.1, 0.15) is 11.5 Å². The second-order valence-corrected chi connectivity index (χ2v) is 13.9. The summed E-state index contributed by atoms with van der Waals surface area (Å²) in [6.07, 6.45) is 6.94. The molecule has 5 aliphatic rings. The molecule has 6 aromatic rings. The van der Waals surface area contributed by atoms with Gasteiger partial charge in [0.05, 0.1) is 11.4 Å². The van der Waals surface area contributed by atoms with Gasteiger partial charge < -0.3 is 4.74 Å². The molecule has 1 aliphatic heterocycles. The smallest absolute Gasteiger partial charge is 0.132 e. The molecule has 11 rings (SSSR count). The van der Waals surface area contributed by atoms with E-state index in [1.807, 2.05) is 0 Å². The van der Waals surface area contributed by atoms with Gasteiger partial charge in [-0.15, -0.1) is 10.2 Å². The summed E-state index contributed by atoms with van der Waals surface area (Å²) < 4.78 is 6.72. The number of hydrogen-bond donors (Lipinski definition) is 0. The van der Waals surface area contributed by atoms with E-state index in [1.165, 1.54) is 65.1 Å². The summed E-state index contributed by atoms with van der Waals surface area (Å²) in [6, 6.07) is 43.6. The van der Waals surface area contributed by atoms with Gasteiger partial charge in [0, 0.05) is 27.7 Å². The van der Waals surface area contributed by atoms with E-state index in [1.54, 1.807) is 0 Å². The Hall–Kier alpha value is -4.76. The topological polar surface area (TPSA) is 35.0 Å². The lowest BCUT2D eigenvalue weighted by Gasteiger charge is -2.63. The molecule has 5 aromatic carbocycles. The highest BCUT2D eigenvalue weighted by molar-refractivity contribution is 5.95. The summed E-state index contributed by atoms with van der Waals surface area (Å²) in [5, 5.41) is 11.7. The first-order chi connectivity index (χ1) is 22.2. The Morgan fingerprint density at radius 1 is 0.511 bits per heavy atom. The van der Waals surface area contributed by atoms with Crippen LogP contribution in [0, 0.1) is 23.7 Å². The van der Waals surface area contributed by atoms with Crippen molar-refractivity contribution in [1.82, 2.24) is 10.2 Å². The molecule has 4 saturated carbocycles. The molecule has 0 atom stereocenters. The Kier molecular flexibility index (Phi) is 5.46. The van der Waals surface area contributed by atoms with Crippen molar-refractivity contribution in [3.8, 4) is 45.1 Å². The number of aromatic nitrogens is 2. The predicted octanol–water partition coefficient (Wildman–Crippen LogP) is 10.5. The van der Waals surface area contributed by atoms with Crippen LogP contribution in [0.2, 0.25) is 0 Å². The molecule has 4 aliphatic carbocycles. The molecule has 2 heterocycles. The Morgan fingerprint density at radius 2 is 1.16 bits per heavy atom. The predicted molar refractivity (Wildman–Crippen MR) is 180 cm³/mol. The van der Waals surface area contributed by atoms with Crippen LogP contribution in [-0.4, -0.2) is 10.2 Å². The van der Waals surface area contributed by atoms with Crippen molar-refractivity contribution in [2.45, 2.75) is 37.5 Å². The van der Waals surface area contributed by atoms with E-state index in [0.717, 1.165) is 57.7 Å².